The van der Waals surface area contributed by atoms with E-state index in [2.05, 4.69) is 135 Å². The summed E-state index contributed by atoms with van der Waals surface area (Å²) in [5.41, 5.74) is 8.74. The quantitative estimate of drug-likeness (QED) is 0.261. The summed E-state index contributed by atoms with van der Waals surface area (Å²) in [4.78, 5) is 0. The molecule has 0 aromatic heterocycles. The summed E-state index contributed by atoms with van der Waals surface area (Å²) in [7, 11) is -1.37. The average Bonchev–Trinajstić information content (AvgIpc) is 3.54. The van der Waals surface area contributed by atoms with Crippen molar-refractivity contribution >= 4 is 14.6 Å². The first-order chi connectivity index (χ1) is 17.5. The van der Waals surface area contributed by atoms with Gasteiger partial charge in [-0.3, -0.25) is 0 Å². The second-order valence-corrected chi connectivity index (χ2v) is 22.0. The van der Waals surface area contributed by atoms with E-state index < -0.39 is 29.3 Å². The standard InChI is InChI=1S/C13H9.C13H10.C8H13Si.2ClH.Zr/c1-3-7-12-10(5-1)9-11-6-2-4-8-13(11)12;1-3-7-12(8-4-1)11-13-9-5-2-6-10-13;1-9(2,3)8-6-4-5-7-8;;;/h1-5,7-8H,9H2;1-10H;6-7H,4H2,1-3H3;2*1H;/q;;;;;+2/p-2. The van der Waals surface area contributed by atoms with Crippen molar-refractivity contribution in [1.82, 2.24) is 0 Å². The molecule has 0 radical (unpaired) electrons. The van der Waals surface area contributed by atoms with E-state index in [1.807, 2.05) is 0 Å². The predicted molar refractivity (Wildman–Crippen MR) is 155 cm³/mol. The van der Waals surface area contributed by atoms with Crippen LogP contribution in [0.2, 0.25) is 19.6 Å². The Bertz CT molecular complexity index is 1500. The molecule has 4 aromatic rings. The number of benzene rings is 4. The van der Waals surface area contributed by atoms with E-state index in [9.17, 15) is 0 Å². The molecule has 6 rings (SSSR count). The number of halogens is 2. The van der Waals surface area contributed by atoms with Gasteiger partial charge < -0.3 is 24.8 Å². The summed E-state index contributed by atoms with van der Waals surface area (Å²) in [5.74, 6) is 0. The summed E-state index contributed by atoms with van der Waals surface area (Å²) < 4.78 is 4.99. The molecular formula is C34H32Cl2SiZr. The number of rotatable bonds is 5. The number of hydrogen-bond acceptors (Lipinski definition) is 0. The Morgan fingerprint density at radius 2 is 1.24 bits per heavy atom. The maximum Gasteiger partial charge on any atom is -1.00 e. The first-order valence-corrected chi connectivity index (χ1v) is 20.2. The summed E-state index contributed by atoms with van der Waals surface area (Å²) in [6.07, 6.45) is 7.39. The molecule has 0 aliphatic heterocycles. The van der Waals surface area contributed by atoms with Crippen LogP contribution >= 0.6 is 0 Å². The third kappa shape index (κ3) is 5.47. The monoisotopic (exact) mass is 628 g/mol. The van der Waals surface area contributed by atoms with Crippen LogP contribution in [0.1, 0.15) is 28.7 Å². The Hall–Kier alpha value is -2.09. The van der Waals surface area contributed by atoms with Crippen molar-refractivity contribution in [1.29, 1.82) is 0 Å². The topological polar surface area (TPSA) is 0 Å². The van der Waals surface area contributed by atoms with Gasteiger partial charge in [-0.2, -0.15) is 0 Å². The summed E-state index contributed by atoms with van der Waals surface area (Å²) >= 11 is -2.57. The Morgan fingerprint density at radius 3 is 1.84 bits per heavy atom. The van der Waals surface area contributed by atoms with Crippen LogP contribution in [0, 0.1) is 0 Å². The maximum absolute atomic E-state index is 2.65. The van der Waals surface area contributed by atoms with Crippen LogP contribution in [-0.4, -0.2) is 11.3 Å². The zero-order chi connectivity index (χ0) is 24.7. The van der Waals surface area contributed by atoms with E-state index in [1.165, 1.54) is 27.8 Å². The van der Waals surface area contributed by atoms with Crippen LogP contribution in [0.4, 0.5) is 0 Å². The molecule has 0 N–H and O–H groups in total. The normalized spacial score (nSPS) is 13.1. The molecule has 4 heteroatoms. The van der Waals surface area contributed by atoms with E-state index in [0.717, 1.165) is 12.8 Å². The van der Waals surface area contributed by atoms with E-state index in [1.54, 1.807) is 20.5 Å². The smallest absolute Gasteiger partial charge is 1.00 e. The van der Waals surface area contributed by atoms with E-state index in [-0.39, 0.29) is 24.8 Å². The molecule has 0 saturated heterocycles. The van der Waals surface area contributed by atoms with Gasteiger partial charge in [0, 0.05) is 0 Å². The molecule has 0 amide bonds. The van der Waals surface area contributed by atoms with Crippen molar-refractivity contribution in [2.75, 3.05) is 0 Å². The van der Waals surface area contributed by atoms with Crippen LogP contribution in [0.25, 0.3) is 11.1 Å². The van der Waals surface area contributed by atoms with E-state index in [4.69, 9.17) is 0 Å². The molecule has 0 nitrogen and oxygen atoms in total. The molecule has 0 heterocycles. The van der Waals surface area contributed by atoms with Gasteiger partial charge in [-0.05, 0) is 0 Å². The molecule has 0 fully saturated rings. The number of hydrogen-bond donors (Lipinski definition) is 0. The fraction of sp³-hybridized carbons (Fsp3) is 0.147. The summed E-state index contributed by atoms with van der Waals surface area (Å²) in [6.45, 7) is 7.45. The Labute approximate surface area is 248 Å². The number of allylic oxidation sites excluding steroid dienone is 4. The van der Waals surface area contributed by atoms with Gasteiger partial charge in [0.1, 0.15) is 0 Å². The molecule has 0 bridgehead atoms. The minimum absolute atomic E-state index is 0. The molecule has 0 atom stereocenters. The molecule has 2 aliphatic rings. The second-order valence-electron chi connectivity index (χ2n) is 10.9. The third-order valence-electron chi connectivity index (χ3n) is 7.55. The predicted octanol–water partition coefficient (Wildman–Crippen LogP) is 1.87. The molecule has 0 spiro atoms. The molecular weight excluding hydrogens is 599 g/mol. The molecule has 0 saturated carbocycles. The van der Waals surface area contributed by atoms with E-state index >= 15 is 0 Å². The Morgan fingerprint density at radius 1 is 0.658 bits per heavy atom. The second kappa shape index (κ2) is 12.0. The third-order valence-corrected chi connectivity index (χ3v) is 17.2. The molecule has 190 valence electrons. The van der Waals surface area contributed by atoms with Crippen LogP contribution < -0.4 is 28.1 Å². The van der Waals surface area contributed by atoms with Gasteiger partial charge in [0.25, 0.3) is 0 Å². The first kappa shape index (κ1) is 28.9. The largest absolute Gasteiger partial charge is 1.00 e. The van der Waals surface area contributed by atoms with Gasteiger partial charge >= 0.3 is 225 Å². The minimum Gasteiger partial charge on any atom is -1.00 e. The van der Waals surface area contributed by atoms with Crippen molar-refractivity contribution < 1.29 is 46.1 Å². The van der Waals surface area contributed by atoms with Crippen molar-refractivity contribution in [3.63, 3.8) is 0 Å². The molecule has 0 unspecified atom stereocenters. The van der Waals surface area contributed by atoms with Crippen LogP contribution in [0.3, 0.4) is 0 Å². The SMILES string of the molecule is C[Si](C)(C)C1=CC[C]([Zr+2](=[C](c2ccccc2)c2ccccc2)[c]2cccc3c2Cc2ccccc2-3)=C1.[Cl-].[Cl-]. The Balaban J connectivity index is 0.00000168. The summed E-state index contributed by atoms with van der Waals surface area (Å²) in [6, 6.07) is 38.6. The van der Waals surface area contributed by atoms with Crippen molar-refractivity contribution in [2.24, 2.45) is 0 Å². The van der Waals surface area contributed by atoms with Gasteiger partial charge in [-0.1, -0.05) is 0 Å². The fourth-order valence-electron chi connectivity index (χ4n) is 5.75. The zero-order valence-electron chi connectivity index (χ0n) is 22.1. The molecule has 2 aliphatic carbocycles. The summed E-state index contributed by atoms with van der Waals surface area (Å²) in [5, 5.41) is 1.63. The first-order valence-electron chi connectivity index (χ1n) is 13.0. The molecule has 4 aromatic carbocycles. The zero-order valence-corrected chi connectivity index (χ0v) is 27.1. The molecule has 38 heavy (non-hydrogen) atoms. The fourth-order valence-corrected chi connectivity index (χ4v) is 15.4. The number of fused-ring (bicyclic) bond motifs is 3. The van der Waals surface area contributed by atoms with E-state index in [0.29, 0.717) is 0 Å². The van der Waals surface area contributed by atoms with Crippen molar-refractivity contribution in [3.8, 4) is 11.1 Å². The average molecular weight is 631 g/mol. The van der Waals surface area contributed by atoms with Gasteiger partial charge in [0.15, 0.2) is 0 Å². The van der Waals surface area contributed by atoms with Gasteiger partial charge in [-0.25, -0.2) is 0 Å². The maximum atomic E-state index is 2.65. The van der Waals surface area contributed by atoms with Crippen LogP contribution in [0.15, 0.2) is 124 Å². The van der Waals surface area contributed by atoms with Gasteiger partial charge in [0.05, 0.1) is 0 Å². The van der Waals surface area contributed by atoms with Crippen molar-refractivity contribution in [3.05, 3.63) is 146 Å². The van der Waals surface area contributed by atoms with Gasteiger partial charge in [0.2, 0.25) is 0 Å². The van der Waals surface area contributed by atoms with Crippen molar-refractivity contribution in [2.45, 2.75) is 32.5 Å². The van der Waals surface area contributed by atoms with Gasteiger partial charge in [-0.15, -0.1) is 0 Å². The Kier molecular flexibility index (Phi) is 9.11. The van der Waals surface area contributed by atoms with Crippen LogP contribution in [-0.2, 0) is 27.7 Å². The van der Waals surface area contributed by atoms with Crippen LogP contribution in [0.5, 0.6) is 0 Å². The minimum atomic E-state index is -2.57.